The standard InChI is InChI=1S/C7H7Cl2NO2S/c8-7(5-13(9,11)12)6-1-3-10-4-2-6/h1-4,7H,5H2. The molecule has 1 aromatic rings. The van der Waals surface area contributed by atoms with Gasteiger partial charge in [-0.25, -0.2) is 8.42 Å². The highest BCUT2D eigenvalue weighted by Gasteiger charge is 2.15. The average Bonchev–Trinajstić information content (AvgIpc) is 2.03. The van der Waals surface area contributed by atoms with Gasteiger partial charge in [-0.1, -0.05) is 0 Å². The summed E-state index contributed by atoms with van der Waals surface area (Å²) in [5, 5.41) is -0.620. The fourth-order valence-corrected chi connectivity index (χ4v) is 2.60. The summed E-state index contributed by atoms with van der Waals surface area (Å²) >= 11 is 5.80. The van der Waals surface area contributed by atoms with Gasteiger partial charge in [-0.2, -0.15) is 0 Å². The molecule has 1 rings (SSSR count). The molecule has 1 heterocycles. The van der Waals surface area contributed by atoms with Crippen LogP contribution in [0.25, 0.3) is 0 Å². The van der Waals surface area contributed by atoms with E-state index in [0.29, 0.717) is 5.56 Å². The number of rotatable bonds is 3. The normalized spacial score (nSPS) is 14.0. The van der Waals surface area contributed by atoms with Crippen molar-refractivity contribution in [1.82, 2.24) is 4.98 Å². The third-order valence-corrected chi connectivity index (χ3v) is 3.11. The summed E-state index contributed by atoms with van der Waals surface area (Å²) in [5.41, 5.74) is 0.695. The first kappa shape index (κ1) is 10.8. The van der Waals surface area contributed by atoms with E-state index in [4.69, 9.17) is 22.3 Å². The zero-order valence-corrected chi connectivity index (χ0v) is 8.85. The van der Waals surface area contributed by atoms with Crippen LogP contribution in [0.4, 0.5) is 0 Å². The molecule has 0 N–H and O–H groups in total. The second kappa shape index (κ2) is 4.26. The summed E-state index contributed by atoms with van der Waals surface area (Å²) in [7, 11) is 1.50. The highest BCUT2D eigenvalue weighted by Crippen LogP contribution is 2.22. The lowest BCUT2D eigenvalue weighted by Gasteiger charge is -2.05. The van der Waals surface area contributed by atoms with Crippen LogP contribution in [0.1, 0.15) is 10.9 Å². The largest absolute Gasteiger partial charge is 0.265 e. The molecular formula is C7H7Cl2NO2S. The van der Waals surface area contributed by atoms with Gasteiger partial charge in [0.1, 0.15) is 0 Å². The minimum absolute atomic E-state index is 0.278. The van der Waals surface area contributed by atoms with Crippen molar-refractivity contribution in [2.75, 3.05) is 5.75 Å². The Kier molecular flexibility index (Phi) is 3.53. The van der Waals surface area contributed by atoms with Crippen LogP contribution in [0.15, 0.2) is 24.5 Å². The Morgan fingerprint density at radius 1 is 1.38 bits per heavy atom. The first-order valence-electron chi connectivity index (χ1n) is 3.45. The second-order valence-electron chi connectivity index (χ2n) is 2.45. The maximum absolute atomic E-state index is 10.7. The number of aromatic nitrogens is 1. The fourth-order valence-electron chi connectivity index (χ4n) is 0.843. The van der Waals surface area contributed by atoms with Crippen LogP contribution in [0.2, 0.25) is 0 Å². The fraction of sp³-hybridized carbons (Fsp3) is 0.286. The highest BCUT2D eigenvalue weighted by molar-refractivity contribution is 8.13. The quantitative estimate of drug-likeness (QED) is 0.599. The molecule has 0 saturated heterocycles. The first-order valence-corrected chi connectivity index (χ1v) is 6.37. The van der Waals surface area contributed by atoms with Crippen LogP contribution >= 0.6 is 22.3 Å². The first-order chi connectivity index (χ1) is 5.99. The molecule has 0 amide bonds. The molecule has 0 spiro atoms. The predicted molar refractivity (Wildman–Crippen MR) is 52.5 cm³/mol. The van der Waals surface area contributed by atoms with Crippen LogP contribution in [-0.4, -0.2) is 19.2 Å². The Hall–Kier alpha value is -0.320. The van der Waals surface area contributed by atoms with Gasteiger partial charge in [0.2, 0.25) is 9.05 Å². The van der Waals surface area contributed by atoms with Gasteiger partial charge in [-0.15, -0.1) is 11.6 Å². The SMILES string of the molecule is O=S(=O)(Cl)CC(Cl)c1ccncc1. The van der Waals surface area contributed by atoms with Crippen molar-refractivity contribution in [2.45, 2.75) is 5.38 Å². The molecule has 6 heteroatoms. The number of alkyl halides is 1. The summed E-state index contributed by atoms with van der Waals surface area (Å²) in [4.78, 5) is 3.78. The molecule has 72 valence electrons. The lowest BCUT2D eigenvalue weighted by Crippen LogP contribution is -2.04. The molecule has 0 saturated carbocycles. The van der Waals surface area contributed by atoms with Crippen LogP contribution in [0.5, 0.6) is 0 Å². The number of halogens is 2. The van der Waals surface area contributed by atoms with Crippen LogP contribution in [0, 0.1) is 0 Å². The molecule has 1 aromatic heterocycles. The third kappa shape index (κ3) is 3.93. The van der Waals surface area contributed by atoms with E-state index < -0.39 is 14.4 Å². The topological polar surface area (TPSA) is 47.0 Å². The molecule has 0 aromatic carbocycles. The number of hydrogen-bond acceptors (Lipinski definition) is 3. The maximum Gasteiger partial charge on any atom is 0.234 e. The van der Waals surface area contributed by atoms with Crippen molar-refractivity contribution in [1.29, 1.82) is 0 Å². The summed E-state index contributed by atoms with van der Waals surface area (Å²) in [6.07, 6.45) is 3.09. The summed E-state index contributed by atoms with van der Waals surface area (Å²) in [6, 6.07) is 3.31. The predicted octanol–water partition coefficient (Wildman–Crippen LogP) is 1.93. The van der Waals surface area contributed by atoms with Gasteiger partial charge >= 0.3 is 0 Å². The molecule has 0 aliphatic rings. The zero-order chi connectivity index (χ0) is 9.90. The number of nitrogens with zero attached hydrogens (tertiary/aromatic N) is 1. The Morgan fingerprint density at radius 2 is 1.92 bits per heavy atom. The van der Waals surface area contributed by atoms with Gasteiger partial charge in [-0.3, -0.25) is 4.98 Å². The molecule has 1 atom stereocenters. The molecule has 0 fully saturated rings. The van der Waals surface area contributed by atoms with Crippen molar-refractivity contribution < 1.29 is 8.42 Å². The average molecular weight is 240 g/mol. The Bertz CT molecular complexity index is 365. The van der Waals surface area contributed by atoms with E-state index in [0.717, 1.165) is 0 Å². The molecular weight excluding hydrogens is 233 g/mol. The van der Waals surface area contributed by atoms with Crippen LogP contribution < -0.4 is 0 Å². The lowest BCUT2D eigenvalue weighted by molar-refractivity contribution is 0.608. The molecule has 0 radical (unpaired) electrons. The number of pyridine rings is 1. The van der Waals surface area contributed by atoms with Gasteiger partial charge in [0.25, 0.3) is 0 Å². The Balaban J connectivity index is 2.76. The zero-order valence-electron chi connectivity index (χ0n) is 6.52. The van der Waals surface area contributed by atoms with Gasteiger partial charge in [0.05, 0.1) is 11.1 Å². The molecule has 0 bridgehead atoms. The highest BCUT2D eigenvalue weighted by atomic mass is 35.7. The van der Waals surface area contributed by atoms with E-state index in [2.05, 4.69) is 4.98 Å². The Morgan fingerprint density at radius 3 is 2.38 bits per heavy atom. The molecule has 3 nitrogen and oxygen atoms in total. The van der Waals surface area contributed by atoms with Crippen LogP contribution in [-0.2, 0) is 9.05 Å². The van der Waals surface area contributed by atoms with Crippen LogP contribution in [0.3, 0.4) is 0 Å². The lowest BCUT2D eigenvalue weighted by atomic mass is 10.2. The van der Waals surface area contributed by atoms with Crippen molar-refractivity contribution in [2.24, 2.45) is 0 Å². The van der Waals surface area contributed by atoms with Gasteiger partial charge in [-0.05, 0) is 17.7 Å². The van der Waals surface area contributed by atoms with E-state index in [9.17, 15) is 8.42 Å². The third-order valence-electron chi connectivity index (χ3n) is 1.41. The minimum Gasteiger partial charge on any atom is -0.265 e. The smallest absolute Gasteiger partial charge is 0.234 e. The van der Waals surface area contributed by atoms with E-state index >= 15 is 0 Å². The van der Waals surface area contributed by atoms with Crippen molar-refractivity contribution in [3.05, 3.63) is 30.1 Å². The van der Waals surface area contributed by atoms with E-state index in [-0.39, 0.29) is 5.75 Å². The van der Waals surface area contributed by atoms with Gasteiger partial charge < -0.3 is 0 Å². The van der Waals surface area contributed by atoms with E-state index in [1.54, 1.807) is 24.5 Å². The molecule has 1 unspecified atom stereocenters. The van der Waals surface area contributed by atoms with Crippen molar-refractivity contribution >= 4 is 31.3 Å². The summed E-state index contributed by atoms with van der Waals surface area (Å²) in [6.45, 7) is 0. The van der Waals surface area contributed by atoms with E-state index in [1.807, 2.05) is 0 Å². The molecule has 13 heavy (non-hydrogen) atoms. The maximum atomic E-state index is 10.7. The van der Waals surface area contributed by atoms with Crippen molar-refractivity contribution in [3.63, 3.8) is 0 Å². The Labute approximate surface area is 86.1 Å². The summed E-state index contributed by atoms with van der Waals surface area (Å²) < 4.78 is 21.4. The van der Waals surface area contributed by atoms with Gasteiger partial charge in [0.15, 0.2) is 0 Å². The monoisotopic (exact) mass is 239 g/mol. The summed E-state index contributed by atoms with van der Waals surface area (Å²) in [5.74, 6) is -0.278. The molecule has 0 aliphatic carbocycles. The van der Waals surface area contributed by atoms with Gasteiger partial charge in [0, 0.05) is 23.1 Å². The molecule has 0 aliphatic heterocycles. The van der Waals surface area contributed by atoms with Crippen molar-refractivity contribution in [3.8, 4) is 0 Å². The second-order valence-corrected chi connectivity index (χ2v) is 5.80. The number of hydrogen-bond donors (Lipinski definition) is 0. The minimum atomic E-state index is -3.55. The van der Waals surface area contributed by atoms with E-state index in [1.165, 1.54) is 0 Å².